The molecule has 2 aromatic heterocycles. The van der Waals surface area contributed by atoms with Crippen LogP contribution in [0.3, 0.4) is 0 Å². The van der Waals surface area contributed by atoms with Gasteiger partial charge in [-0.3, -0.25) is 9.36 Å². The van der Waals surface area contributed by atoms with E-state index in [1.54, 1.807) is 10.8 Å². The molecule has 0 atom stereocenters. The van der Waals surface area contributed by atoms with E-state index in [0.717, 1.165) is 59.4 Å². The zero-order valence-corrected chi connectivity index (χ0v) is 30.3. The number of urea groups is 1. The van der Waals surface area contributed by atoms with Gasteiger partial charge in [0, 0.05) is 35.9 Å². The topological polar surface area (TPSA) is 88.5 Å². The number of nitrogens with zero attached hydrogens (tertiary/aromatic N) is 3. The molecule has 2 heterocycles. The molecule has 3 aromatic carbocycles. The van der Waals surface area contributed by atoms with Crippen LogP contribution in [0.15, 0.2) is 95.9 Å². The fraction of sp³-hybridized carbons (Fsp3) is 0.357. The fourth-order valence-corrected chi connectivity index (χ4v) is 6.50. The molecular formula is C42H51N5O3. The molecule has 8 heteroatoms. The van der Waals surface area contributed by atoms with Crippen molar-refractivity contribution in [2.75, 3.05) is 36.9 Å². The molecule has 0 saturated heterocycles. The minimum Gasteiger partial charge on any atom is -0.494 e. The monoisotopic (exact) mass is 673 g/mol. The number of aryl methyl sites for hydroxylation is 2. The Morgan fingerprint density at radius 2 is 1.52 bits per heavy atom. The summed E-state index contributed by atoms with van der Waals surface area (Å²) in [5.41, 5.74) is 5.79. The van der Waals surface area contributed by atoms with E-state index in [-0.39, 0.29) is 23.1 Å². The van der Waals surface area contributed by atoms with Crippen molar-refractivity contribution in [1.29, 1.82) is 0 Å². The maximum absolute atomic E-state index is 14.6. The second-order valence-corrected chi connectivity index (χ2v) is 13.3. The molecule has 0 fully saturated rings. The van der Waals surface area contributed by atoms with Crippen LogP contribution in [0.2, 0.25) is 0 Å². The third kappa shape index (κ3) is 8.61. The molecule has 0 spiro atoms. The average Bonchev–Trinajstić information content (AvgIpc) is 3.12. The molecule has 0 unspecified atom stereocenters. The fourth-order valence-electron chi connectivity index (χ4n) is 6.50. The van der Waals surface area contributed by atoms with Crippen LogP contribution in [0.4, 0.5) is 16.2 Å². The highest BCUT2D eigenvalue weighted by atomic mass is 16.5. The predicted octanol–water partition coefficient (Wildman–Crippen LogP) is 9.31. The lowest BCUT2D eigenvalue weighted by atomic mass is 9.93. The standard InChI is InChI=1S/C42H51N5O3/c1-7-46(8-2)25-15-27-50-33-19-12-18-32(28-33)37-36-22-14-24-43-40(36)47(26-23-31-16-10-9-11-17-31)41(48)39(37)45-42(49)44-38-34(29(3)4)20-13-21-35(38)30(5)6/h9-14,16-22,24,28-30H,7-8,15,23,25-27H2,1-6H3,(H2,44,45,49). The van der Waals surface area contributed by atoms with Crippen molar-refractivity contribution in [3.63, 3.8) is 0 Å². The number of anilines is 2. The summed E-state index contributed by atoms with van der Waals surface area (Å²) in [5, 5.41) is 6.94. The summed E-state index contributed by atoms with van der Waals surface area (Å²) in [6, 6.07) is 27.3. The molecular weight excluding hydrogens is 622 g/mol. The first-order valence-electron chi connectivity index (χ1n) is 17.9. The van der Waals surface area contributed by atoms with Crippen LogP contribution in [-0.2, 0) is 13.0 Å². The highest BCUT2D eigenvalue weighted by Gasteiger charge is 2.23. The number of carbonyl (C=O) groups is 1. The van der Waals surface area contributed by atoms with Crippen LogP contribution >= 0.6 is 0 Å². The van der Waals surface area contributed by atoms with Crippen molar-refractivity contribution in [3.8, 4) is 16.9 Å². The lowest BCUT2D eigenvalue weighted by Gasteiger charge is -2.22. The molecule has 0 radical (unpaired) electrons. The number of rotatable bonds is 15. The third-order valence-electron chi connectivity index (χ3n) is 9.24. The van der Waals surface area contributed by atoms with Crippen molar-refractivity contribution in [2.45, 2.75) is 72.8 Å². The molecule has 0 aliphatic rings. The average molecular weight is 674 g/mol. The Bertz CT molecular complexity index is 1920. The first-order chi connectivity index (χ1) is 24.2. The number of aromatic nitrogens is 2. The Labute approximate surface area is 296 Å². The highest BCUT2D eigenvalue weighted by Crippen LogP contribution is 2.36. The number of amides is 2. The zero-order valence-electron chi connectivity index (χ0n) is 30.3. The van der Waals surface area contributed by atoms with Gasteiger partial charge in [-0.1, -0.05) is 102 Å². The van der Waals surface area contributed by atoms with Gasteiger partial charge < -0.3 is 20.3 Å². The number of benzene rings is 3. The molecule has 8 nitrogen and oxygen atoms in total. The lowest BCUT2D eigenvalue weighted by molar-refractivity contribution is 0.249. The van der Waals surface area contributed by atoms with Gasteiger partial charge in [-0.15, -0.1) is 0 Å². The summed E-state index contributed by atoms with van der Waals surface area (Å²) in [5.74, 6) is 1.09. The van der Waals surface area contributed by atoms with Crippen molar-refractivity contribution >= 4 is 28.4 Å². The van der Waals surface area contributed by atoms with Gasteiger partial charge in [0.05, 0.1) is 6.61 Å². The van der Waals surface area contributed by atoms with Crippen molar-refractivity contribution < 1.29 is 9.53 Å². The largest absolute Gasteiger partial charge is 0.494 e. The Balaban J connectivity index is 1.58. The van der Waals surface area contributed by atoms with Crippen molar-refractivity contribution in [3.05, 3.63) is 118 Å². The van der Waals surface area contributed by atoms with Crippen LogP contribution in [0.5, 0.6) is 5.75 Å². The van der Waals surface area contributed by atoms with Crippen LogP contribution in [0.1, 0.15) is 76.5 Å². The predicted molar refractivity (Wildman–Crippen MR) is 207 cm³/mol. The third-order valence-corrected chi connectivity index (χ3v) is 9.24. The van der Waals surface area contributed by atoms with Gasteiger partial charge in [-0.25, -0.2) is 9.78 Å². The van der Waals surface area contributed by atoms with Crippen molar-refractivity contribution in [2.24, 2.45) is 0 Å². The summed E-state index contributed by atoms with van der Waals surface area (Å²) in [6.07, 6.45) is 3.24. The number of carbonyl (C=O) groups excluding carboxylic acids is 1. The van der Waals surface area contributed by atoms with E-state index in [0.29, 0.717) is 36.5 Å². The van der Waals surface area contributed by atoms with Crippen LogP contribution in [0, 0.1) is 0 Å². The number of fused-ring (bicyclic) bond motifs is 1. The highest BCUT2D eigenvalue weighted by molar-refractivity contribution is 6.07. The first-order valence-corrected chi connectivity index (χ1v) is 17.9. The van der Waals surface area contributed by atoms with Crippen LogP contribution in [0.25, 0.3) is 22.2 Å². The molecule has 5 rings (SSSR count). The molecule has 50 heavy (non-hydrogen) atoms. The van der Waals surface area contributed by atoms with Gasteiger partial charge in [0.15, 0.2) is 0 Å². The van der Waals surface area contributed by atoms with E-state index in [2.05, 4.69) is 57.1 Å². The summed E-state index contributed by atoms with van der Waals surface area (Å²) >= 11 is 0. The maximum Gasteiger partial charge on any atom is 0.323 e. The Morgan fingerprint density at radius 1 is 0.840 bits per heavy atom. The molecule has 2 amide bonds. The second kappa shape index (κ2) is 17.1. The van der Waals surface area contributed by atoms with E-state index in [4.69, 9.17) is 9.72 Å². The van der Waals surface area contributed by atoms with E-state index in [9.17, 15) is 9.59 Å². The zero-order chi connectivity index (χ0) is 35.6. The molecule has 262 valence electrons. The number of hydrogen-bond donors (Lipinski definition) is 2. The Morgan fingerprint density at radius 3 is 2.20 bits per heavy atom. The minimum absolute atomic E-state index is 0.191. The quantitative estimate of drug-likeness (QED) is 0.108. The van der Waals surface area contributed by atoms with E-state index in [1.165, 1.54) is 0 Å². The van der Waals surface area contributed by atoms with Crippen molar-refractivity contribution in [1.82, 2.24) is 14.5 Å². The summed E-state index contributed by atoms with van der Waals surface area (Å²) in [7, 11) is 0. The Hall–Kier alpha value is -4.95. The van der Waals surface area contributed by atoms with E-state index < -0.39 is 6.03 Å². The molecule has 0 aliphatic carbocycles. The molecule has 5 aromatic rings. The first kappa shape index (κ1) is 36.3. The lowest BCUT2D eigenvalue weighted by Crippen LogP contribution is -2.30. The number of pyridine rings is 2. The summed E-state index contributed by atoms with van der Waals surface area (Å²) in [6.45, 7) is 16.7. The number of para-hydroxylation sites is 1. The van der Waals surface area contributed by atoms with E-state index >= 15 is 0 Å². The van der Waals surface area contributed by atoms with Gasteiger partial charge in [-0.2, -0.15) is 0 Å². The van der Waals surface area contributed by atoms with Gasteiger partial charge in [0.2, 0.25) is 0 Å². The molecule has 0 bridgehead atoms. The smallest absolute Gasteiger partial charge is 0.323 e. The van der Waals surface area contributed by atoms with E-state index in [1.807, 2.05) is 84.9 Å². The number of hydrogen-bond acceptors (Lipinski definition) is 5. The molecule has 2 N–H and O–H groups in total. The maximum atomic E-state index is 14.6. The molecule has 0 saturated carbocycles. The van der Waals surface area contributed by atoms with Crippen LogP contribution in [-0.4, -0.2) is 46.7 Å². The van der Waals surface area contributed by atoms with Gasteiger partial charge in [-0.05, 0) is 84.3 Å². The second-order valence-electron chi connectivity index (χ2n) is 13.3. The molecule has 0 aliphatic heterocycles. The van der Waals surface area contributed by atoms with Gasteiger partial charge in [0.25, 0.3) is 5.56 Å². The summed E-state index contributed by atoms with van der Waals surface area (Å²) in [4.78, 5) is 35.7. The summed E-state index contributed by atoms with van der Waals surface area (Å²) < 4.78 is 7.88. The number of ether oxygens (including phenoxy) is 1. The SMILES string of the molecule is CCN(CC)CCCOc1cccc(-c2c(NC(=O)Nc3c(C(C)C)cccc3C(C)C)c(=O)n(CCc3ccccc3)c3ncccc23)c1. The minimum atomic E-state index is -0.472. The number of nitrogens with one attached hydrogen (secondary N) is 2. The van der Waals surface area contributed by atoms with Gasteiger partial charge in [0.1, 0.15) is 17.1 Å². The van der Waals surface area contributed by atoms with Crippen LogP contribution < -0.4 is 20.9 Å². The Kier molecular flexibility index (Phi) is 12.4. The normalized spacial score (nSPS) is 11.5. The van der Waals surface area contributed by atoms with Gasteiger partial charge >= 0.3 is 6.03 Å².